The summed E-state index contributed by atoms with van der Waals surface area (Å²) in [6, 6.07) is 14.3. The second-order valence-corrected chi connectivity index (χ2v) is 31.3. The summed E-state index contributed by atoms with van der Waals surface area (Å²) in [4.78, 5) is -1.90. The Hall–Kier alpha value is -7.23. The molecule has 3 unspecified atom stereocenters. The summed E-state index contributed by atoms with van der Waals surface area (Å²) in [6.45, 7) is 23.6. The maximum absolute atomic E-state index is 12.0. The van der Waals surface area contributed by atoms with Gasteiger partial charge in [-0.15, -0.1) is 26.4 Å². The normalized spacial score (nSPS) is 17.6. The molecule has 0 aliphatic carbocycles. The number of primary sulfonamides is 3. The standard InChI is InChI=1S/C19H24ClN5O5S2.2C18H22ClN5O5S2/c1-9(2)11-7-14(30-8-11)15(10(3)4)23-19-18(24-31(27)25-19)22-13-6-5-12(20)17(16(13)26)32(21,28)29;1-9-5-8-12(29-9)15(18(2,3)4)22-17-16(23-30(26)24-17)21-11-7-6-10(19)14(13(11)25)31(20,27)28;1-8(2)14(13-7-9(3)10(4)29-13)22-18-17(23-30(26)24-18)21-12-6-5-11(19)16(15(12)25)31(20,27)28/h5-10,15,26H,1-4H3,(H,22,24)(H,23,25)(H2,21,28,29);5-8,15,25H,1-4H3,(H,21,23)(H,22,24)(H2,20,27,28);5-8,14,25H,1-4H3,(H,21,23)(H,22,24)(H2,20,27,28)/t15-,31?;15-,30?;14-,30?/m101/s1. The highest BCUT2D eigenvalue weighted by atomic mass is 35.5. The minimum absolute atomic E-state index is 0.0360. The van der Waals surface area contributed by atoms with Gasteiger partial charge in [0, 0.05) is 0 Å². The lowest BCUT2D eigenvalue weighted by atomic mass is 9.85. The monoisotopic (exact) mass is 1480 g/mol. The van der Waals surface area contributed by atoms with Crippen molar-refractivity contribution in [3.63, 3.8) is 0 Å². The third kappa shape index (κ3) is 18.0. The second kappa shape index (κ2) is 29.4. The summed E-state index contributed by atoms with van der Waals surface area (Å²) in [5.74, 6) is 2.48. The van der Waals surface area contributed by atoms with Crippen LogP contribution in [-0.2, 0) is 63.6 Å². The van der Waals surface area contributed by atoms with Gasteiger partial charge in [0.2, 0.25) is 30.1 Å². The van der Waals surface area contributed by atoms with Crippen LogP contribution in [0.4, 0.5) is 17.1 Å². The van der Waals surface area contributed by atoms with Crippen LogP contribution in [0.5, 0.6) is 17.2 Å². The Morgan fingerprint density at radius 1 is 0.500 bits per heavy atom. The molecule has 6 aromatic rings. The van der Waals surface area contributed by atoms with E-state index in [1.165, 1.54) is 36.4 Å². The van der Waals surface area contributed by atoms with Gasteiger partial charge in [-0.1, -0.05) is 97.1 Å². The molecular formula is C55H68Cl3N15O15S6. The average molecular weight is 1480 g/mol. The Kier molecular flexibility index (Phi) is 23.2. The van der Waals surface area contributed by atoms with Crippen molar-refractivity contribution in [2.45, 2.75) is 122 Å². The Bertz CT molecular complexity index is 4540. The Labute approximate surface area is 564 Å². The highest BCUT2D eigenvalue weighted by Gasteiger charge is 2.35. The maximum atomic E-state index is 12.0. The van der Waals surface area contributed by atoms with E-state index in [2.05, 4.69) is 72.1 Å². The summed E-state index contributed by atoms with van der Waals surface area (Å²) in [5.41, 5.74) is 1.55. The van der Waals surface area contributed by atoms with E-state index in [1.807, 2.05) is 93.5 Å². The molecule has 6 heterocycles. The first-order valence-electron chi connectivity index (χ1n) is 27.8. The number of sulfonamides is 3. The van der Waals surface area contributed by atoms with Gasteiger partial charge in [-0.2, -0.15) is 0 Å². The number of aryl methyl sites for hydroxylation is 3. The lowest BCUT2D eigenvalue weighted by Crippen LogP contribution is -2.41. The molecular weight excluding hydrogens is 1410 g/mol. The first-order chi connectivity index (χ1) is 43.5. The largest absolute Gasteiger partial charge is 0.504 e. The molecule has 9 rings (SSSR count). The number of nitrogens with one attached hydrogen (secondary N) is 6. The quantitative estimate of drug-likeness (QED) is 0.0428. The molecule has 0 fully saturated rings. The fourth-order valence-electron chi connectivity index (χ4n) is 8.93. The van der Waals surface area contributed by atoms with E-state index in [0.717, 1.165) is 22.6 Å². The van der Waals surface area contributed by atoms with Gasteiger partial charge in [-0.25, -0.2) is 53.3 Å². The van der Waals surface area contributed by atoms with Crippen LogP contribution < -0.4 is 47.3 Å². The number of anilines is 3. The number of furan rings is 3. The zero-order valence-electron chi connectivity index (χ0n) is 52.1. The third-order valence-electron chi connectivity index (χ3n) is 13.8. The molecule has 0 spiro atoms. The number of rotatable bonds is 15. The molecule has 3 aromatic heterocycles. The number of phenolic OH excluding ortho intramolecular Hbond substituents is 3. The van der Waals surface area contributed by atoms with Gasteiger partial charge in [-0.3, -0.25) is 0 Å². The molecule has 0 saturated carbocycles. The molecule has 6 atom stereocenters. The fourth-order valence-corrected chi connectivity index (χ4v) is 14.4. The van der Waals surface area contributed by atoms with Crippen LogP contribution in [0.1, 0.15) is 126 Å². The third-order valence-corrected chi connectivity index (χ3v) is 20.0. The van der Waals surface area contributed by atoms with Crippen molar-refractivity contribution in [2.24, 2.45) is 59.1 Å². The first kappa shape index (κ1) is 74.2. The number of phenols is 3. The van der Waals surface area contributed by atoms with Crippen molar-refractivity contribution < 1.29 is 66.5 Å². The summed E-state index contributed by atoms with van der Waals surface area (Å²) < 4.78 is 148. The molecule has 3 aliphatic heterocycles. The minimum Gasteiger partial charge on any atom is -0.504 e. The van der Waals surface area contributed by atoms with Gasteiger partial charge >= 0.3 is 0 Å². The van der Waals surface area contributed by atoms with E-state index in [1.54, 1.807) is 6.26 Å². The molecule has 15 N–H and O–H groups in total. The second-order valence-electron chi connectivity index (χ2n) is 23.1. The Morgan fingerprint density at radius 3 is 1.16 bits per heavy atom. The average Bonchev–Trinajstić information content (AvgIpc) is 0.963. The van der Waals surface area contributed by atoms with Crippen molar-refractivity contribution in [1.29, 1.82) is 0 Å². The van der Waals surface area contributed by atoms with Gasteiger partial charge in [0.05, 0.1) is 56.5 Å². The topological polar surface area (TPSA) is 478 Å². The number of halogens is 3. The van der Waals surface area contributed by atoms with E-state index in [9.17, 15) is 53.2 Å². The Balaban J connectivity index is 0.000000200. The van der Waals surface area contributed by atoms with E-state index in [0.29, 0.717) is 17.3 Å². The SMILES string of the molecule is CC(C)c1coc([C@H](NC2=NS(=O)N=C2Nc2ccc(Cl)c(S(N)(=O)=O)c2O)C(C)C)c1.Cc1cc([C@H](NC2=NS(=O)N=C2Nc2ccc(Cl)c(S(N)(=O)=O)c2O)C(C)C)oc1C.Cc1ccc([C@H](NC2=NS(=O)N=C2Nc2ccc(Cl)c(S(N)(=O)=O)c2O)C(C)(C)C)o1. The molecule has 0 amide bonds. The molecule has 3 aromatic carbocycles. The zero-order chi connectivity index (χ0) is 70.0. The predicted octanol–water partition coefficient (Wildman–Crippen LogP) is 8.66. The zero-order valence-corrected chi connectivity index (χ0v) is 59.2. The maximum Gasteiger partial charge on any atom is 0.269 e. The van der Waals surface area contributed by atoms with Crippen LogP contribution in [0.25, 0.3) is 0 Å². The lowest BCUT2D eigenvalue weighted by molar-refractivity contribution is 0.261. The van der Waals surface area contributed by atoms with Gasteiger partial charge in [0.15, 0.2) is 52.3 Å². The van der Waals surface area contributed by atoms with E-state index >= 15 is 0 Å². The Morgan fingerprint density at radius 2 is 0.862 bits per heavy atom. The van der Waals surface area contributed by atoms with Crippen LogP contribution in [0.3, 0.4) is 0 Å². The number of hydrogen-bond donors (Lipinski definition) is 12. The number of nitrogens with two attached hydrogens (primary N) is 3. The molecule has 39 heteroatoms. The van der Waals surface area contributed by atoms with Gasteiger partial charge in [0.1, 0.15) is 43.5 Å². The van der Waals surface area contributed by atoms with Crippen LogP contribution in [-0.4, -0.2) is 88.2 Å². The van der Waals surface area contributed by atoms with Crippen molar-refractivity contribution >= 4 is 150 Å². The van der Waals surface area contributed by atoms with Crippen molar-refractivity contribution in [1.82, 2.24) is 16.0 Å². The smallest absolute Gasteiger partial charge is 0.269 e. The highest BCUT2D eigenvalue weighted by molar-refractivity contribution is 7.90. The molecule has 510 valence electrons. The van der Waals surface area contributed by atoms with E-state index in [4.69, 9.17) is 63.5 Å². The van der Waals surface area contributed by atoms with Gasteiger partial charge in [-0.05, 0) is 116 Å². The lowest BCUT2D eigenvalue weighted by Gasteiger charge is -2.30. The molecule has 0 bridgehead atoms. The van der Waals surface area contributed by atoms with Crippen LogP contribution in [0, 0.1) is 38.0 Å². The minimum atomic E-state index is -4.30. The summed E-state index contributed by atoms with van der Waals surface area (Å²) in [6.07, 6.45) is 1.69. The molecule has 3 aliphatic rings. The van der Waals surface area contributed by atoms with Crippen molar-refractivity contribution in [2.75, 3.05) is 16.0 Å². The number of aromatic hydroxyl groups is 3. The van der Waals surface area contributed by atoms with Crippen LogP contribution in [0.2, 0.25) is 15.1 Å². The van der Waals surface area contributed by atoms with Crippen LogP contribution >= 0.6 is 34.8 Å². The summed E-state index contributed by atoms with van der Waals surface area (Å²) >= 11 is 11.9. The molecule has 0 radical (unpaired) electrons. The van der Waals surface area contributed by atoms with Gasteiger partial charge in [0.25, 0.3) is 33.5 Å². The highest BCUT2D eigenvalue weighted by Crippen LogP contribution is 2.41. The van der Waals surface area contributed by atoms with Crippen LogP contribution in [0.15, 0.2) is 121 Å². The first-order valence-corrected chi connectivity index (χ1v) is 36.7. The number of benzene rings is 3. The van der Waals surface area contributed by atoms with Crippen molar-refractivity contribution in [3.05, 3.63) is 122 Å². The fraction of sp³-hybridized carbons (Fsp3) is 0.345. The van der Waals surface area contributed by atoms with E-state index < -0.39 is 95.5 Å². The number of nitrogens with zero attached hydrogens (tertiary/aromatic N) is 6. The van der Waals surface area contributed by atoms with Crippen molar-refractivity contribution in [3.8, 4) is 17.2 Å². The summed E-state index contributed by atoms with van der Waals surface area (Å²) in [5, 5.41) is 63.7. The molecule has 30 nitrogen and oxygen atoms in total. The molecule has 94 heavy (non-hydrogen) atoms. The van der Waals surface area contributed by atoms with Gasteiger partial charge < -0.3 is 60.5 Å². The number of amidine groups is 6. The van der Waals surface area contributed by atoms with E-state index in [-0.39, 0.29) is 108 Å². The molecule has 0 saturated heterocycles. The predicted molar refractivity (Wildman–Crippen MR) is 365 cm³/mol. The summed E-state index contributed by atoms with van der Waals surface area (Å²) in [7, 11) is -12.9. The number of hydrogen-bond acceptors (Lipinski definition) is 21.